The Morgan fingerprint density at radius 3 is 2.92 bits per heavy atom. The van der Waals surface area contributed by atoms with Crippen LogP contribution in [0, 0.1) is 0 Å². The first-order chi connectivity index (χ1) is 11.6. The van der Waals surface area contributed by atoms with E-state index in [9.17, 15) is 14.4 Å². The monoisotopic (exact) mass is 347 g/mol. The van der Waals surface area contributed by atoms with Crippen LogP contribution >= 0.6 is 11.8 Å². The Bertz CT molecular complexity index is 648. The number of nitrogens with zero attached hydrogens (tertiary/aromatic N) is 2. The summed E-state index contributed by atoms with van der Waals surface area (Å²) in [6, 6.07) is 7.47. The number of likely N-dealkylation sites (tertiary alicyclic amines) is 1. The third-order valence-electron chi connectivity index (χ3n) is 4.43. The van der Waals surface area contributed by atoms with Crippen LogP contribution in [0.2, 0.25) is 0 Å². The molecule has 2 heterocycles. The summed E-state index contributed by atoms with van der Waals surface area (Å²) in [5.74, 6) is 0.0510. The van der Waals surface area contributed by atoms with E-state index in [1.54, 1.807) is 12.1 Å². The van der Waals surface area contributed by atoms with E-state index >= 15 is 0 Å². The Morgan fingerprint density at radius 1 is 1.38 bits per heavy atom. The Labute approximate surface area is 145 Å². The average Bonchev–Trinajstić information content (AvgIpc) is 3.17. The lowest BCUT2D eigenvalue weighted by molar-refractivity contribution is -0.125. The molecule has 0 saturated carbocycles. The van der Waals surface area contributed by atoms with Crippen molar-refractivity contribution in [2.24, 2.45) is 0 Å². The fourth-order valence-corrected chi connectivity index (χ4v) is 3.96. The molecule has 0 aromatic heterocycles. The summed E-state index contributed by atoms with van der Waals surface area (Å²) < 4.78 is 0. The second-order valence-electron chi connectivity index (χ2n) is 6.09. The molecule has 2 saturated heterocycles. The number of hydrogen-bond acceptors (Lipinski definition) is 5. The molecule has 0 aliphatic carbocycles. The molecule has 3 rings (SSSR count). The predicted octanol–water partition coefficient (Wildman–Crippen LogP) is 1.71. The minimum absolute atomic E-state index is 0.0167. The van der Waals surface area contributed by atoms with Crippen molar-refractivity contribution in [2.75, 3.05) is 25.9 Å². The maximum atomic E-state index is 12.8. The van der Waals surface area contributed by atoms with Crippen LogP contribution in [0.15, 0.2) is 24.3 Å². The number of amides is 3. The zero-order valence-corrected chi connectivity index (χ0v) is 14.5. The molecule has 7 heteroatoms. The van der Waals surface area contributed by atoms with E-state index in [0.717, 1.165) is 43.3 Å². The smallest absolute Gasteiger partial charge is 0.289 e. The quantitative estimate of drug-likeness (QED) is 0.878. The molecule has 1 unspecified atom stereocenters. The highest BCUT2D eigenvalue weighted by Gasteiger charge is 2.31. The van der Waals surface area contributed by atoms with E-state index in [2.05, 4.69) is 5.32 Å². The van der Waals surface area contributed by atoms with E-state index in [4.69, 9.17) is 0 Å². The van der Waals surface area contributed by atoms with Gasteiger partial charge < -0.3 is 10.2 Å². The van der Waals surface area contributed by atoms with Gasteiger partial charge in [0, 0.05) is 24.7 Å². The molecular weight excluding hydrogens is 326 g/mol. The Hall–Kier alpha value is -1.86. The molecule has 0 radical (unpaired) electrons. The van der Waals surface area contributed by atoms with Gasteiger partial charge in [-0.3, -0.25) is 19.3 Å². The number of imide groups is 1. The molecule has 2 aliphatic heterocycles. The average molecular weight is 347 g/mol. The van der Waals surface area contributed by atoms with E-state index in [1.807, 2.05) is 24.1 Å². The molecule has 1 atom stereocenters. The maximum Gasteiger partial charge on any atom is 0.289 e. The Morgan fingerprint density at radius 2 is 2.21 bits per heavy atom. The topological polar surface area (TPSA) is 69.7 Å². The first-order valence-electron chi connectivity index (χ1n) is 8.12. The van der Waals surface area contributed by atoms with Gasteiger partial charge in [0.25, 0.3) is 11.1 Å². The van der Waals surface area contributed by atoms with Crippen molar-refractivity contribution in [2.45, 2.75) is 25.4 Å². The second kappa shape index (κ2) is 7.36. The van der Waals surface area contributed by atoms with Crippen LogP contribution < -0.4 is 5.32 Å². The van der Waals surface area contributed by atoms with Crippen molar-refractivity contribution >= 4 is 28.8 Å². The van der Waals surface area contributed by atoms with Crippen molar-refractivity contribution in [3.63, 3.8) is 0 Å². The second-order valence-corrected chi connectivity index (χ2v) is 7.01. The van der Waals surface area contributed by atoms with Crippen LogP contribution in [0.25, 0.3) is 0 Å². The van der Waals surface area contributed by atoms with Gasteiger partial charge in [0.15, 0.2) is 0 Å². The van der Waals surface area contributed by atoms with Crippen molar-refractivity contribution in [3.8, 4) is 0 Å². The molecule has 0 bridgehead atoms. The minimum atomic E-state index is -0.217. The van der Waals surface area contributed by atoms with E-state index < -0.39 is 0 Å². The predicted molar refractivity (Wildman–Crippen MR) is 92.8 cm³/mol. The van der Waals surface area contributed by atoms with Gasteiger partial charge in [-0.1, -0.05) is 23.9 Å². The molecule has 1 aromatic carbocycles. The summed E-state index contributed by atoms with van der Waals surface area (Å²) in [7, 11) is 1.89. The highest BCUT2D eigenvalue weighted by Crippen LogP contribution is 2.23. The lowest BCUT2D eigenvalue weighted by atomic mass is 10.1. The summed E-state index contributed by atoms with van der Waals surface area (Å²) in [6.45, 7) is 1.79. The first kappa shape index (κ1) is 17.0. The van der Waals surface area contributed by atoms with Crippen LogP contribution in [0.4, 0.5) is 4.79 Å². The van der Waals surface area contributed by atoms with Gasteiger partial charge in [-0.15, -0.1) is 0 Å². The van der Waals surface area contributed by atoms with Gasteiger partial charge in [-0.05, 0) is 37.6 Å². The van der Waals surface area contributed by atoms with Crippen LogP contribution in [-0.4, -0.2) is 58.8 Å². The van der Waals surface area contributed by atoms with Gasteiger partial charge >= 0.3 is 0 Å². The summed E-state index contributed by atoms with van der Waals surface area (Å²) in [6.07, 6.45) is 2.03. The maximum absolute atomic E-state index is 12.8. The normalized spacial score (nSPS) is 21.0. The van der Waals surface area contributed by atoms with Gasteiger partial charge in [0.2, 0.25) is 5.91 Å². The molecule has 2 fully saturated rings. The zero-order chi connectivity index (χ0) is 17.1. The van der Waals surface area contributed by atoms with E-state index in [-0.39, 0.29) is 35.4 Å². The van der Waals surface area contributed by atoms with E-state index in [1.165, 1.54) is 4.90 Å². The van der Waals surface area contributed by atoms with Crippen molar-refractivity contribution < 1.29 is 14.4 Å². The van der Waals surface area contributed by atoms with Crippen molar-refractivity contribution in [1.29, 1.82) is 0 Å². The minimum Gasteiger partial charge on any atom is -0.334 e. The summed E-state index contributed by atoms with van der Waals surface area (Å²) >= 11 is 1.02. The summed E-state index contributed by atoms with van der Waals surface area (Å²) in [4.78, 5) is 39.4. The number of thioether (sulfide) groups is 1. The zero-order valence-electron chi connectivity index (χ0n) is 13.7. The largest absolute Gasteiger partial charge is 0.334 e. The van der Waals surface area contributed by atoms with Gasteiger partial charge in [0.05, 0.1) is 12.3 Å². The van der Waals surface area contributed by atoms with Gasteiger partial charge in [-0.2, -0.15) is 0 Å². The fraction of sp³-hybridized carbons (Fsp3) is 0.471. The third-order valence-corrected chi connectivity index (χ3v) is 5.29. The number of benzene rings is 1. The van der Waals surface area contributed by atoms with Crippen LogP contribution in [0.3, 0.4) is 0 Å². The molecule has 128 valence electrons. The number of hydrogen-bond donors (Lipinski definition) is 1. The number of nitrogens with one attached hydrogen (secondary N) is 1. The molecule has 3 amide bonds. The fourth-order valence-electron chi connectivity index (χ4n) is 3.24. The molecule has 0 spiro atoms. The third kappa shape index (κ3) is 3.47. The molecule has 1 aromatic rings. The standard InChI is InChI=1S/C17H21N3O3S/c1-18-9-14-6-3-7-19(14)16(22)13-5-2-4-12(8-13)10-20-15(21)11-24-17(20)23/h2,4-5,8,14,18H,3,6-7,9-11H2,1H3. The number of rotatable bonds is 5. The summed E-state index contributed by atoms with van der Waals surface area (Å²) in [5, 5.41) is 2.92. The van der Waals surface area contributed by atoms with Crippen molar-refractivity contribution in [1.82, 2.24) is 15.1 Å². The number of likely N-dealkylation sites (N-methyl/N-ethyl adjacent to an activating group) is 1. The highest BCUT2D eigenvalue weighted by atomic mass is 32.2. The van der Waals surface area contributed by atoms with Crippen LogP contribution in [0.5, 0.6) is 0 Å². The molecule has 6 nitrogen and oxygen atoms in total. The Kier molecular flexibility index (Phi) is 5.20. The van der Waals surface area contributed by atoms with Gasteiger partial charge in [-0.25, -0.2) is 0 Å². The van der Waals surface area contributed by atoms with Crippen LogP contribution in [-0.2, 0) is 11.3 Å². The molecule has 24 heavy (non-hydrogen) atoms. The Balaban J connectivity index is 1.74. The number of carbonyl (C=O) groups is 3. The van der Waals surface area contributed by atoms with Crippen LogP contribution in [0.1, 0.15) is 28.8 Å². The lowest BCUT2D eigenvalue weighted by Crippen LogP contribution is -2.40. The first-order valence-corrected chi connectivity index (χ1v) is 9.10. The lowest BCUT2D eigenvalue weighted by Gasteiger charge is -2.25. The summed E-state index contributed by atoms with van der Waals surface area (Å²) in [5.41, 5.74) is 1.41. The van der Waals surface area contributed by atoms with Crippen molar-refractivity contribution in [3.05, 3.63) is 35.4 Å². The van der Waals surface area contributed by atoms with Gasteiger partial charge in [0.1, 0.15) is 0 Å². The number of carbonyl (C=O) groups excluding carboxylic acids is 3. The van der Waals surface area contributed by atoms with E-state index in [0.29, 0.717) is 5.56 Å². The molecular formula is C17H21N3O3S. The molecule has 1 N–H and O–H groups in total. The highest BCUT2D eigenvalue weighted by molar-refractivity contribution is 8.14. The molecule has 2 aliphatic rings. The SMILES string of the molecule is CNCC1CCCN1C(=O)c1cccc(CN2C(=O)CSC2=O)c1.